The maximum Gasteiger partial charge on any atom is 0.322 e. The summed E-state index contributed by atoms with van der Waals surface area (Å²) in [5, 5.41) is 20.7. The maximum atomic E-state index is 13.9. The number of benzene rings is 3. The molecule has 0 bridgehead atoms. The number of hydrogen-bond donors (Lipinski definition) is 4. The second kappa shape index (κ2) is 25.3. The number of aromatic nitrogens is 2. The number of fused-ring (bicyclic) bond motifs is 1. The number of amides is 7. The first-order valence-electron chi connectivity index (χ1n) is 24.5. The van der Waals surface area contributed by atoms with Crippen molar-refractivity contribution in [2.75, 3.05) is 56.4 Å². The Morgan fingerprint density at radius 3 is 2.30 bits per heavy atom. The molecule has 5 aromatic rings. The Hall–Kier alpha value is -8.21. The number of nitriles is 1. The molecule has 2 aromatic heterocycles. The van der Waals surface area contributed by atoms with E-state index in [-0.39, 0.29) is 61.0 Å². The Labute approximate surface area is 422 Å². The molecule has 1 atom stereocenters. The number of ether oxygens (including phenoxy) is 4. The van der Waals surface area contributed by atoms with Crippen LogP contribution < -0.4 is 35.6 Å². The van der Waals surface area contributed by atoms with Crippen molar-refractivity contribution in [1.29, 1.82) is 5.26 Å². The van der Waals surface area contributed by atoms with Gasteiger partial charge in [-0.3, -0.25) is 39.1 Å². The van der Waals surface area contributed by atoms with Gasteiger partial charge in [-0.2, -0.15) is 5.26 Å². The molecule has 0 spiro atoms. The van der Waals surface area contributed by atoms with Crippen LogP contribution >= 0.6 is 0 Å². The van der Waals surface area contributed by atoms with Crippen molar-refractivity contribution in [2.24, 2.45) is 0 Å². The lowest BCUT2D eigenvalue weighted by Crippen LogP contribution is -2.54. The van der Waals surface area contributed by atoms with E-state index in [1.165, 1.54) is 18.2 Å². The van der Waals surface area contributed by atoms with E-state index in [0.29, 0.717) is 63.8 Å². The molecule has 19 nitrogen and oxygen atoms in total. The minimum atomic E-state index is -1.10. The van der Waals surface area contributed by atoms with Crippen molar-refractivity contribution in [3.63, 3.8) is 0 Å². The molecule has 1 saturated carbocycles. The molecule has 73 heavy (non-hydrogen) atoms. The minimum absolute atomic E-state index is 0.00741. The Bertz CT molecular complexity index is 2780. The minimum Gasteiger partial charge on any atom is -0.483 e. The Balaban J connectivity index is 0.711. The smallest absolute Gasteiger partial charge is 0.322 e. The van der Waals surface area contributed by atoms with E-state index in [0.717, 1.165) is 58.8 Å². The summed E-state index contributed by atoms with van der Waals surface area (Å²) in [7, 11) is 0. The van der Waals surface area contributed by atoms with Crippen LogP contribution in [0.5, 0.6) is 11.6 Å². The fraction of sp³-hybridized carbons (Fsp3) is 0.352. The normalized spacial score (nSPS) is 17.2. The van der Waals surface area contributed by atoms with E-state index < -0.39 is 35.6 Å². The Morgan fingerprint density at radius 1 is 0.767 bits per heavy atom. The van der Waals surface area contributed by atoms with Gasteiger partial charge < -0.3 is 34.9 Å². The number of unbranched alkanes of at least 4 members (excludes halogenated alkanes) is 1. The Kier molecular flexibility index (Phi) is 17.7. The Morgan fingerprint density at radius 2 is 1.55 bits per heavy atom. The van der Waals surface area contributed by atoms with E-state index in [2.05, 4.69) is 37.3 Å². The SMILES string of the molecule is N#Cc1ccc(NC2CCC(N(C(=O)NCc3ccccc3)c3ccc(-c4ccnc(OCCOCCOCCCCNC(=O)COc5cccc6c5C(=O)N(C5CCC(=O)NC5=O)C6=O)c4)cc3)CC2)nc1. The molecule has 2 fully saturated rings. The van der Waals surface area contributed by atoms with Crippen LogP contribution in [0.15, 0.2) is 109 Å². The number of hydrogen-bond acceptors (Lipinski definition) is 14. The zero-order chi connectivity index (χ0) is 50.9. The van der Waals surface area contributed by atoms with Gasteiger partial charge in [-0.15, -0.1) is 0 Å². The molecule has 1 unspecified atom stereocenters. The molecule has 8 rings (SSSR count). The summed E-state index contributed by atoms with van der Waals surface area (Å²) in [5.41, 5.74) is 4.24. The molecule has 3 aromatic carbocycles. The molecular weight excluding hydrogens is 935 g/mol. The van der Waals surface area contributed by atoms with E-state index in [9.17, 15) is 28.8 Å². The van der Waals surface area contributed by atoms with Crippen molar-refractivity contribution in [2.45, 2.75) is 76.0 Å². The van der Waals surface area contributed by atoms with Crippen molar-refractivity contribution in [3.05, 3.63) is 132 Å². The average Bonchev–Trinajstić information content (AvgIpc) is 3.67. The molecule has 2 aliphatic heterocycles. The van der Waals surface area contributed by atoms with Crippen molar-refractivity contribution >= 4 is 47.1 Å². The van der Waals surface area contributed by atoms with Gasteiger partial charge in [-0.05, 0) is 104 Å². The zero-order valence-electron chi connectivity index (χ0n) is 40.3. The number of urea groups is 1. The van der Waals surface area contributed by atoms with Gasteiger partial charge in [0, 0.05) is 62.3 Å². The van der Waals surface area contributed by atoms with E-state index in [4.69, 9.17) is 24.2 Å². The fourth-order valence-electron chi connectivity index (χ4n) is 8.95. The van der Waals surface area contributed by atoms with Crippen molar-refractivity contribution < 1.29 is 47.7 Å². The van der Waals surface area contributed by atoms with Crippen molar-refractivity contribution in [3.8, 4) is 28.8 Å². The summed E-state index contributed by atoms with van der Waals surface area (Å²) in [6.07, 6.45) is 7.95. The number of nitrogens with zero attached hydrogens (tertiary/aromatic N) is 5. The number of piperidine rings is 1. The number of carbonyl (C=O) groups is 6. The molecule has 4 N–H and O–H groups in total. The highest BCUT2D eigenvalue weighted by molar-refractivity contribution is 6.24. The van der Waals surface area contributed by atoms with Gasteiger partial charge in [0.1, 0.15) is 30.3 Å². The number of rotatable bonds is 23. The topological polar surface area (TPSA) is 244 Å². The molecule has 0 radical (unpaired) electrons. The van der Waals surface area contributed by atoms with Gasteiger partial charge >= 0.3 is 6.03 Å². The van der Waals surface area contributed by atoms with Crippen LogP contribution in [0, 0.1) is 11.3 Å². The van der Waals surface area contributed by atoms with Crippen LogP contribution in [-0.4, -0.2) is 115 Å². The van der Waals surface area contributed by atoms with Crippen LogP contribution in [0.25, 0.3) is 11.1 Å². The van der Waals surface area contributed by atoms with Gasteiger partial charge in [0.05, 0.1) is 36.5 Å². The first-order chi connectivity index (χ1) is 35.6. The first kappa shape index (κ1) is 51.2. The van der Waals surface area contributed by atoms with Gasteiger partial charge in [-0.1, -0.05) is 48.5 Å². The van der Waals surface area contributed by atoms with Crippen LogP contribution in [-0.2, 0) is 30.4 Å². The molecular formula is C54H57N9O10. The van der Waals surface area contributed by atoms with Crippen LogP contribution in [0.4, 0.5) is 16.3 Å². The van der Waals surface area contributed by atoms with E-state index in [1.54, 1.807) is 18.5 Å². The molecule has 1 saturated heterocycles. The lowest BCUT2D eigenvalue weighted by molar-refractivity contribution is -0.136. The third kappa shape index (κ3) is 13.6. The molecule has 19 heteroatoms. The van der Waals surface area contributed by atoms with Gasteiger partial charge in [0.25, 0.3) is 17.7 Å². The monoisotopic (exact) mass is 991 g/mol. The fourth-order valence-corrected chi connectivity index (χ4v) is 8.95. The molecule has 3 aliphatic rings. The lowest BCUT2D eigenvalue weighted by atomic mass is 9.89. The van der Waals surface area contributed by atoms with Gasteiger partial charge in [0.15, 0.2) is 6.61 Å². The van der Waals surface area contributed by atoms with E-state index in [1.807, 2.05) is 77.7 Å². The number of anilines is 2. The van der Waals surface area contributed by atoms with Crippen LogP contribution in [0.1, 0.15) is 83.2 Å². The third-order valence-electron chi connectivity index (χ3n) is 12.7. The largest absolute Gasteiger partial charge is 0.483 e. The predicted octanol–water partition coefficient (Wildman–Crippen LogP) is 5.94. The first-order valence-corrected chi connectivity index (χ1v) is 24.5. The van der Waals surface area contributed by atoms with Crippen molar-refractivity contribution in [1.82, 2.24) is 30.8 Å². The van der Waals surface area contributed by atoms with E-state index >= 15 is 0 Å². The quantitative estimate of drug-likeness (QED) is 0.0437. The summed E-state index contributed by atoms with van der Waals surface area (Å²) in [4.78, 5) is 88.2. The standard InChI is InChI=1S/C54H57N9O10/c55-32-37-11-21-46(58-34-37)60-40-14-18-42(19-15-40)62(54(69)59-33-36-7-2-1-3-8-36)41-16-12-38(13-17-41)39-23-25-57-49(31-39)72-30-29-71-28-27-70-26-5-4-24-56-48(65)35-73-45-10-6-9-43-50(45)53(68)63(52(43)67)44-20-22-47(64)61-51(44)66/h1-3,6-13,16-17,21,23,25,31,34,40,42,44H,4-5,14-15,18-20,22,24,26-30,33,35H2,(H,56,65)(H,58,60)(H,59,69)(H,61,64,66). The number of imide groups is 2. The summed E-state index contributed by atoms with van der Waals surface area (Å²) in [5.74, 6) is -1.71. The number of pyridine rings is 2. The zero-order valence-corrected chi connectivity index (χ0v) is 40.3. The maximum absolute atomic E-state index is 13.9. The second-order valence-corrected chi connectivity index (χ2v) is 17.7. The predicted molar refractivity (Wildman–Crippen MR) is 267 cm³/mol. The highest BCUT2D eigenvalue weighted by Gasteiger charge is 2.46. The molecule has 378 valence electrons. The van der Waals surface area contributed by atoms with Gasteiger partial charge in [-0.25, -0.2) is 14.8 Å². The molecule has 7 amide bonds. The highest BCUT2D eigenvalue weighted by atomic mass is 16.5. The van der Waals surface area contributed by atoms with Gasteiger partial charge in [0.2, 0.25) is 17.7 Å². The molecule has 1 aliphatic carbocycles. The summed E-state index contributed by atoms with van der Waals surface area (Å²) < 4.78 is 22.9. The number of nitrogens with one attached hydrogen (secondary N) is 4. The highest BCUT2D eigenvalue weighted by Crippen LogP contribution is 2.34. The third-order valence-corrected chi connectivity index (χ3v) is 12.7. The summed E-state index contributed by atoms with van der Waals surface area (Å²) in [6.45, 7) is 2.25. The summed E-state index contributed by atoms with van der Waals surface area (Å²) in [6, 6.07) is 30.7. The second-order valence-electron chi connectivity index (χ2n) is 17.7. The number of carbonyl (C=O) groups excluding carboxylic acids is 6. The lowest BCUT2D eigenvalue weighted by Gasteiger charge is -2.37. The van der Waals surface area contributed by atoms with Crippen LogP contribution in [0.2, 0.25) is 0 Å². The summed E-state index contributed by atoms with van der Waals surface area (Å²) >= 11 is 0. The average molecular weight is 992 g/mol. The van der Waals surface area contributed by atoms with Crippen LogP contribution in [0.3, 0.4) is 0 Å². The molecule has 4 heterocycles.